The number of piperazine rings is 1. The molecule has 0 aliphatic carbocycles. The van der Waals surface area contributed by atoms with Gasteiger partial charge in [0.15, 0.2) is 0 Å². The summed E-state index contributed by atoms with van der Waals surface area (Å²) in [5, 5.41) is 3.83. The zero-order valence-corrected chi connectivity index (χ0v) is 14.2. The molecule has 1 fully saturated rings. The van der Waals surface area contributed by atoms with E-state index in [1.807, 2.05) is 0 Å². The summed E-state index contributed by atoms with van der Waals surface area (Å²) in [6, 6.07) is 12.1. The van der Waals surface area contributed by atoms with Crippen LogP contribution < -0.4 is 5.32 Å². The fraction of sp³-hybridized carbons (Fsp3) is 0.684. The standard InChI is InChI=1S/C19H32N2/c1-5-16(4)21-14-18(13-17-11-9-8-10-12-17)20-15-19(21,6-2)7-3/h8-12,16,18,20H,5-7,13-15H2,1-4H3. The molecule has 0 bridgehead atoms. The molecule has 118 valence electrons. The van der Waals surface area contributed by atoms with E-state index in [-0.39, 0.29) is 0 Å². The van der Waals surface area contributed by atoms with Gasteiger partial charge in [-0.3, -0.25) is 4.90 Å². The third kappa shape index (κ3) is 3.67. The smallest absolute Gasteiger partial charge is 0.0332 e. The summed E-state index contributed by atoms with van der Waals surface area (Å²) in [6.07, 6.45) is 4.84. The molecule has 0 aromatic heterocycles. The molecule has 0 saturated carbocycles. The van der Waals surface area contributed by atoms with E-state index in [0.29, 0.717) is 17.6 Å². The number of hydrogen-bond donors (Lipinski definition) is 1. The van der Waals surface area contributed by atoms with E-state index >= 15 is 0 Å². The van der Waals surface area contributed by atoms with Crippen LogP contribution in [0.15, 0.2) is 30.3 Å². The lowest BCUT2D eigenvalue weighted by Crippen LogP contribution is -2.66. The highest BCUT2D eigenvalue weighted by atomic mass is 15.3. The summed E-state index contributed by atoms with van der Waals surface area (Å²) in [5.41, 5.74) is 1.79. The normalized spacial score (nSPS) is 23.9. The molecule has 2 nitrogen and oxygen atoms in total. The monoisotopic (exact) mass is 288 g/mol. The van der Waals surface area contributed by atoms with Crippen molar-refractivity contribution in [3.8, 4) is 0 Å². The first kappa shape index (κ1) is 16.5. The van der Waals surface area contributed by atoms with Crippen molar-refractivity contribution in [2.75, 3.05) is 13.1 Å². The van der Waals surface area contributed by atoms with Crippen LogP contribution in [0.25, 0.3) is 0 Å². The lowest BCUT2D eigenvalue weighted by Gasteiger charge is -2.52. The van der Waals surface area contributed by atoms with Crippen molar-refractivity contribution in [3.63, 3.8) is 0 Å². The van der Waals surface area contributed by atoms with Gasteiger partial charge in [0.05, 0.1) is 0 Å². The number of hydrogen-bond acceptors (Lipinski definition) is 2. The van der Waals surface area contributed by atoms with Gasteiger partial charge in [0.25, 0.3) is 0 Å². The molecule has 1 aliphatic heterocycles. The van der Waals surface area contributed by atoms with E-state index in [4.69, 9.17) is 0 Å². The van der Waals surface area contributed by atoms with Gasteiger partial charge in [0.2, 0.25) is 0 Å². The Hall–Kier alpha value is -0.860. The summed E-state index contributed by atoms with van der Waals surface area (Å²) < 4.78 is 0. The van der Waals surface area contributed by atoms with Crippen molar-refractivity contribution >= 4 is 0 Å². The minimum atomic E-state index is 0.350. The van der Waals surface area contributed by atoms with Crippen LogP contribution in [0, 0.1) is 0 Å². The summed E-state index contributed by atoms with van der Waals surface area (Å²) in [5.74, 6) is 0. The molecule has 1 N–H and O–H groups in total. The Morgan fingerprint density at radius 1 is 1.19 bits per heavy atom. The van der Waals surface area contributed by atoms with Crippen LogP contribution in [0.2, 0.25) is 0 Å². The maximum atomic E-state index is 3.83. The topological polar surface area (TPSA) is 15.3 Å². The molecule has 1 heterocycles. The molecule has 0 amide bonds. The fourth-order valence-corrected chi connectivity index (χ4v) is 3.74. The maximum absolute atomic E-state index is 3.83. The first-order chi connectivity index (χ1) is 10.1. The quantitative estimate of drug-likeness (QED) is 0.855. The average Bonchev–Trinajstić information content (AvgIpc) is 2.55. The van der Waals surface area contributed by atoms with Crippen LogP contribution in [0.1, 0.15) is 52.5 Å². The number of rotatable bonds is 6. The van der Waals surface area contributed by atoms with Crippen LogP contribution in [0.5, 0.6) is 0 Å². The Kier molecular flexibility index (Phi) is 5.83. The van der Waals surface area contributed by atoms with Gasteiger partial charge in [0, 0.05) is 30.7 Å². The van der Waals surface area contributed by atoms with Crippen LogP contribution >= 0.6 is 0 Å². The third-order valence-electron chi connectivity index (χ3n) is 5.51. The Morgan fingerprint density at radius 3 is 2.43 bits per heavy atom. The molecule has 2 atom stereocenters. The first-order valence-electron chi connectivity index (χ1n) is 8.69. The number of benzene rings is 1. The second kappa shape index (κ2) is 7.42. The summed E-state index contributed by atoms with van der Waals surface area (Å²) in [4.78, 5) is 2.79. The molecule has 2 unspecified atom stereocenters. The lowest BCUT2D eigenvalue weighted by atomic mass is 9.84. The molecular weight excluding hydrogens is 256 g/mol. The first-order valence-corrected chi connectivity index (χ1v) is 8.69. The minimum Gasteiger partial charge on any atom is -0.311 e. The van der Waals surface area contributed by atoms with Gasteiger partial charge in [-0.1, -0.05) is 51.1 Å². The van der Waals surface area contributed by atoms with Crippen molar-refractivity contribution in [3.05, 3.63) is 35.9 Å². The zero-order chi connectivity index (χ0) is 15.3. The van der Waals surface area contributed by atoms with Gasteiger partial charge in [-0.2, -0.15) is 0 Å². The highest BCUT2D eigenvalue weighted by Gasteiger charge is 2.40. The predicted octanol–water partition coefficient (Wildman–Crippen LogP) is 3.86. The van der Waals surface area contributed by atoms with Crippen molar-refractivity contribution in [1.82, 2.24) is 10.2 Å². The SMILES string of the molecule is CCC(C)N1CC(Cc2ccccc2)NCC1(CC)CC. The van der Waals surface area contributed by atoms with E-state index in [1.54, 1.807) is 0 Å². The van der Waals surface area contributed by atoms with E-state index < -0.39 is 0 Å². The molecule has 21 heavy (non-hydrogen) atoms. The fourth-order valence-electron chi connectivity index (χ4n) is 3.74. The van der Waals surface area contributed by atoms with E-state index in [1.165, 1.54) is 31.4 Å². The van der Waals surface area contributed by atoms with E-state index in [9.17, 15) is 0 Å². The van der Waals surface area contributed by atoms with Gasteiger partial charge < -0.3 is 5.32 Å². The molecule has 1 aromatic carbocycles. The van der Waals surface area contributed by atoms with Gasteiger partial charge in [0.1, 0.15) is 0 Å². The van der Waals surface area contributed by atoms with E-state index in [0.717, 1.165) is 13.0 Å². The molecular formula is C19H32N2. The van der Waals surface area contributed by atoms with Crippen LogP contribution in [0.4, 0.5) is 0 Å². The molecule has 1 aromatic rings. The van der Waals surface area contributed by atoms with Crippen LogP contribution in [-0.4, -0.2) is 35.6 Å². The number of nitrogens with one attached hydrogen (secondary N) is 1. The lowest BCUT2D eigenvalue weighted by molar-refractivity contribution is -0.000366. The van der Waals surface area contributed by atoms with Gasteiger partial charge in [-0.15, -0.1) is 0 Å². The Balaban J connectivity index is 2.09. The van der Waals surface area contributed by atoms with Crippen LogP contribution in [-0.2, 0) is 6.42 Å². The van der Waals surface area contributed by atoms with E-state index in [2.05, 4.69) is 68.2 Å². The molecule has 1 saturated heterocycles. The summed E-state index contributed by atoms with van der Waals surface area (Å²) in [6.45, 7) is 11.7. The maximum Gasteiger partial charge on any atom is 0.0332 e. The van der Waals surface area contributed by atoms with Gasteiger partial charge in [-0.25, -0.2) is 0 Å². The van der Waals surface area contributed by atoms with Crippen molar-refractivity contribution in [1.29, 1.82) is 0 Å². The minimum absolute atomic E-state index is 0.350. The molecule has 2 heteroatoms. The molecule has 0 spiro atoms. The summed E-state index contributed by atoms with van der Waals surface area (Å²) >= 11 is 0. The second-order valence-electron chi connectivity index (χ2n) is 6.61. The van der Waals surface area contributed by atoms with Gasteiger partial charge in [-0.05, 0) is 38.2 Å². The third-order valence-corrected chi connectivity index (χ3v) is 5.51. The molecule has 2 rings (SSSR count). The zero-order valence-electron chi connectivity index (χ0n) is 14.2. The van der Waals surface area contributed by atoms with Gasteiger partial charge >= 0.3 is 0 Å². The average molecular weight is 288 g/mol. The van der Waals surface area contributed by atoms with Crippen molar-refractivity contribution < 1.29 is 0 Å². The van der Waals surface area contributed by atoms with Crippen LogP contribution in [0.3, 0.4) is 0 Å². The predicted molar refractivity (Wildman–Crippen MR) is 91.7 cm³/mol. The second-order valence-corrected chi connectivity index (χ2v) is 6.61. The number of nitrogens with zero attached hydrogens (tertiary/aromatic N) is 1. The Labute approximate surface area is 130 Å². The summed E-state index contributed by atoms with van der Waals surface area (Å²) in [7, 11) is 0. The van der Waals surface area contributed by atoms with Crippen molar-refractivity contribution in [2.45, 2.75) is 71.0 Å². The Morgan fingerprint density at radius 2 is 1.86 bits per heavy atom. The molecule has 0 radical (unpaired) electrons. The molecule has 1 aliphatic rings. The largest absolute Gasteiger partial charge is 0.311 e. The Bertz CT molecular complexity index is 411. The highest BCUT2D eigenvalue weighted by molar-refractivity contribution is 5.16. The van der Waals surface area contributed by atoms with Crippen molar-refractivity contribution in [2.24, 2.45) is 0 Å². The highest BCUT2D eigenvalue weighted by Crippen LogP contribution is 2.30.